The maximum Gasteiger partial charge on any atom is 0.443 e. The van der Waals surface area contributed by atoms with Crippen LogP contribution in [0.25, 0.3) is 10.6 Å². The predicted octanol–water partition coefficient (Wildman–Crippen LogP) is 2.93. The highest BCUT2D eigenvalue weighted by Gasteiger charge is 2.34. The molecule has 0 aliphatic carbocycles. The van der Waals surface area contributed by atoms with Crippen LogP contribution in [0.3, 0.4) is 0 Å². The third-order valence-corrected chi connectivity index (χ3v) is 2.82. The molecule has 0 saturated heterocycles. The first kappa shape index (κ1) is 10.9. The van der Waals surface area contributed by atoms with Crippen LogP contribution in [0.2, 0.25) is 0 Å². The van der Waals surface area contributed by atoms with Crippen LogP contribution in [0.4, 0.5) is 13.2 Å². The van der Waals surface area contributed by atoms with Crippen molar-refractivity contribution in [2.45, 2.75) is 6.18 Å². The highest BCUT2D eigenvalue weighted by atomic mass is 32.1. The Morgan fingerprint density at radius 3 is 2.56 bits per heavy atom. The Hall–Kier alpha value is -1.63. The summed E-state index contributed by atoms with van der Waals surface area (Å²) < 4.78 is 36.8. The van der Waals surface area contributed by atoms with Gasteiger partial charge in [-0.25, -0.2) is 4.98 Å². The van der Waals surface area contributed by atoms with Crippen LogP contribution >= 0.6 is 11.3 Å². The van der Waals surface area contributed by atoms with Crippen molar-refractivity contribution >= 4 is 11.3 Å². The van der Waals surface area contributed by atoms with Gasteiger partial charge in [0.15, 0.2) is 5.01 Å². The normalized spacial score (nSPS) is 11.7. The standard InChI is InChI=1S/C9H5F3N2OS/c10-9(11,12)8-14-4-6(16-8)7-5(15)2-1-3-13-7/h1-4,15H. The van der Waals surface area contributed by atoms with Gasteiger partial charge in [-0.2, -0.15) is 13.2 Å². The van der Waals surface area contributed by atoms with Crippen molar-refractivity contribution in [3.05, 3.63) is 29.5 Å². The van der Waals surface area contributed by atoms with Gasteiger partial charge in [0, 0.05) is 12.4 Å². The Morgan fingerprint density at radius 2 is 2.00 bits per heavy atom. The second-order valence-corrected chi connectivity index (χ2v) is 3.93. The molecule has 3 nitrogen and oxygen atoms in total. The summed E-state index contributed by atoms with van der Waals surface area (Å²) >= 11 is 0.448. The summed E-state index contributed by atoms with van der Waals surface area (Å²) in [6.45, 7) is 0. The third-order valence-electron chi connectivity index (χ3n) is 1.77. The monoisotopic (exact) mass is 246 g/mol. The molecular weight excluding hydrogens is 241 g/mol. The van der Waals surface area contributed by atoms with Crippen LogP contribution in [0.15, 0.2) is 24.5 Å². The van der Waals surface area contributed by atoms with Crippen LogP contribution in [0.5, 0.6) is 5.75 Å². The fourth-order valence-corrected chi connectivity index (χ4v) is 1.89. The molecule has 2 heterocycles. The van der Waals surface area contributed by atoms with Gasteiger partial charge in [0.2, 0.25) is 0 Å². The van der Waals surface area contributed by atoms with Gasteiger partial charge in [-0.1, -0.05) is 0 Å². The molecule has 0 atom stereocenters. The van der Waals surface area contributed by atoms with E-state index in [1.54, 1.807) is 0 Å². The SMILES string of the molecule is Oc1cccnc1-c1cnc(C(F)(F)F)s1. The predicted molar refractivity (Wildman–Crippen MR) is 52.0 cm³/mol. The molecule has 84 valence electrons. The number of hydrogen-bond donors (Lipinski definition) is 1. The number of pyridine rings is 1. The van der Waals surface area contributed by atoms with Crippen molar-refractivity contribution in [2.75, 3.05) is 0 Å². The molecule has 0 unspecified atom stereocenters. The highest BCUT2D eigenvalue weighted by Crippen LogP contribution is 2.37. The lowest BCUT2D eigenvalue weighted by molar-refractivity contribution is -0.137. The smallest absolute Gasteiger partial charge is 0.443 e. The number of alkyl halides is 3. The Balaban J connectivity index is 2.44. The van der Waals surface area contributed by atoms with Gasteiger partial charge < -0.3 is 5.11 Å². The zero-order valence-electron chi connectivity index (χ0n) is 7.69. The van der Waals surface area contributed by atoms with Gasteiger partial charge in [0.1, 0.15) is 11.4 Å². The van der Waals surface area contributed by atoms with E-state index in [-0.39, 0.29) is 16.3 Å². The van der Waals surface area contributed by atoms with E-state index >= 15 is 0 Å². The highest BCUT2D eigenvalue weighted by molar-refractivity contribution is 7.15. The summed E-state index contributed by atoms with van der Waals surface area (Å²) in [4.78, 5) is 7.23. The number of rotatable bonds is 1. The van der Waals surface area contributed by atoms with Crippen molar-refractivity contribution in [2.24, 2.45) is 0 Å². The second-order valence-electron chi connectivity index (χ2n) is 2.90. The fraction of sp³-hybridized carbons (Fsp3) is 0.111. The summed E-state index contributed by atoms with van der Waals surface area (Å²) in [6.07, 6.45) is -2.02. The summed E-state index contributed by atoms with van der Waals surface area (Å²) in [7, 11) is 0. The molecule has 2 aromatic heterocycles. The average Bonchev–Trinajstić information content (AvgIpc) is 2.66. The lowest BCUT2D eigenvalue weighted by Gasteiger charge is -2.00. The van der Waals surface area contributed by atoms with Crippen LogP contribution in [0.1, 0.15) is 5.01 Å². The van der Waals surface area contributed by atoms with Crippen LogP contribution in [-0.4, -0.2) is 15.1 Å². The zero-order chi connectivity index (χ0) is 11.8. The Labute approximate surface area is 92.2 Å². The van der Waals surface area contributed by atoms with Gasteiger partial charge >= 0.3 is 6.18 Å². The van der Waals surface area contributed by atoms with Crippen molar-refractivity contribution in [1.82, 2.24) is 9.97 Å². The first-order chi connectivity index (χ1) is 7.48. The van der Waals surface area contributed by atoms with E-state index in [9.17, 15) is 18.3 Å². The van der Waals surface area contributed by atoms with E-state index < -0.39 is 11.2 Å². The van der Waals surface area contributed by atoms with Gasteiger partial charge in [0.25, 0.3) is 0 Å². The van der Waals surface area contributed by atoms with Crippen LogP contribution in [0, 0.1) is 0 Å². The maximum absolute atomic E-state index is 12.3. The number of aromatic hydroxyl groups is 1. The van der Waals surface area contributed by atoms with Crippen molar-refractivity contribution in [1.29, 1.82) is 0 Å². The molecule has 0 aliphatic rings. The van der Waals surface area contributed by atoms with E-state index in [1.165, 1.54) is 18.3 Å². The summed E-state index contributed by atoms with van der Waals surface area (Å²) in [5.74, 6) is -0.167. The van der Waals surface area contributed by atoms with Gasteiger partial charge in [-0.05, 0) is 12.1 Å². The number of hydrogen-bond acceptors (Lipinski definition) is 4. The molecule has 7 heteroatoms. The fourth-order valence-electron chi connectivity index (χ4n) is 1.10. The Kier molecular flexibility index (Phi) is 2.55. The summed E-state index contributed by atoms with van der Waals surface area (Å²) in [6, 6.07) is 2.85. The second kappa shape index (κ2) is 3.75. The van der Waals surface area contributed by atoms with E-state index in [0.29, 0.717) is 11.3 Å². The summed E-state index contributed by atoms with van der Waals surface area (Å²) in [5.41, 5.74) is 0.107. The zero-order valence-corrected chi connectivity index (χ0v) is 8.51. The number of nitrogens with zero attached hydrogens (tertiary/aromatic N) is 2. The first-order valence-electron chi connectivity index (χ1n) is 4.16. The van der Waals surface area contributed by atoms with E-state index in [4.69, 9.17) is 0 Å². The lowest BCUT2D eigenvalue weighted by atomic mass is 10.3. The molecule has 0 saturated carbocycles. The average molecular weight is 246 g/mol. The number of aromatic nitrogens is 2. The minimum atomic E-state index is -4.46. The van der Waals surface area contributed by atoms with Crippen molar-refractivity contribution < 1.29 is 18.3 Å². The molecule has 0 spiro atoms. The van der Waals surface area contributed by atoms with E-state index in [1.807, 2.05) is 0 Å². The Bertz CT molecular complexity index is 509. The lowest BCUT2D eigenvalue weighted by Crippen LogP contribution is -2.02. The van der Waals surface area contributed by atoms with Crippen LogP contribution < -0.4 is 0 Å². The summed E-state index contributed by atoms with van der Waals surface area (Å²) in [5, 5.41) is 8.46. The molecule has 0 radical (unpaired) electrons. The molecule has 0 bridgehead atoms. The minimum Gasteiger partial charge on any atom is -0.506 e. The quantitative estimate of drug-likeness (QED) is 0.841. The minimum absolute atomic E-state index is 0.107. The molecule has 0 amide bonds. The van der Waals surface area contributed by atoms with E-state index in [2.05, 4.69) is 9.97 Å². The third kappa shape index (κ3) is 1.99. The molecule has 1 N–H and O–H groups in total. The first-order valence-corrected chi connectivity index (χ1v) is 4.97. The van der Waals surface area contributed by atoms with Crippen LogP contribution in [-0.2, 0) is 6.18 Å². The number of thiazole rings is 1. The number of halogens is 3. The molecule has 2 aromatic rings. The largest absolute Gasteiger partial charge is 0.506 e. The Morgan fingerprint density at radius 1 is 1.25 bits per heavy atom. The molecule has 2 rings (SSSR count). The van der Waals surface area contributed by atoms with Crippen molar-refractivity contribution in [3.8, 4) is 16.3 Å². The van der Waals surface area contributed by atoms with E-state index in [0.717, 1.165) is 6.20 Å². The molecule has 0 fully saturated rings. The van der Waals surface area contributed by atoms with Gasteiger partial charge in [-0.3, -0.25) is 4.98 Å². The van der Waals surface area contributed by atoms with Gasteiger partial charge in [-0.15, -0.1) is 11.3 Å². The topological polar surface area (TPSA) is 46.0 Å². The molecule has 0 aromatic carbocycles. The maximum atomic E-state index is 12.3. The molecule has 16 heavy (non-hydrogen) atoms. The van der Waals surface area contributed by atoms with Gasteiger partial charge in [0.05, 0.1) is 4.88 Å². The molecular formula is C9H5F3N2OS. The van der Waals surface area contributed by atoms with Crippen molar-refractivity contribution in [3.63, 3.8) is 0 Å². The molecule has 0 aliphatic heterocycles.